The number of hydrogen-bond acceptors (Lipinski definition) is 2. The first-order chi connectivity index (χ1) is 9.04. The van der Waals surface area contributed by atoms with E-state index in [1.54, 1.807) is 31.2 Å². The molecule has 2 aromatic rings. The molecule has 2 aromatic carbocycles. The van der Waals surface area contributed by atoms with Crippen molar-refractivity contribution in [1.82, 2.24) is 5.43 Å². The predicted molar refractivity (Wildman–Crippen MR) is 74.4 cm³/mol. The standard InChI is InChI=1S/C14H13BrF2N2/c1-8-7-9(5-6-11(8)16)14(19-18)13-10(15)3-2-4-12(13)17/h2-7,14,19H,18H2,1H3. The Kier molecular flexibility index (Phi) is 4.29. The van der Waals surface area contributed by atoms with Crippen LogP contribution in [0.1, 0.15) is 22.7 Å². The molecule has 0 fully saturated rings. The lowest BCUT2D eigenvalue weighted by Crippen LogP contribution is -2.30. The summed E-state index contributed by atoms with van der Waals surface area (Å²) in [7, 11) is 0. The highest BCUT2D eigenvalue weighted by molar-refractivity contribution is 9.10. The molecule has 3 N–H and O–H groups in total. The van der Waals surface area contributed by atoms with Crippen molar-refractivity contribution in [1.29, 1.82) is 0 Å². The van der Waals surface area contributed by atoms with E-state index in [2.05, 4.69) is 21.4 Å². The van der Waals surface area contributed by atoms with Gasteiger partial charge in [0.2, 0.25) is 0 Å². The molecule has 0 bridgehead atoms. The third-order valence-corrected chi connectivity index (χ3v) is 3.66. The molecular weight excluding hydrogens is 314 g/mol. The molecule has 0 aromatic heterocycles. The summed E-state index contributed by atoms with van der Waals surface area (Å²) in [5.74, 6) is 4.86. The van der Waals surface area contributed by atoms with Gasteiger partial charge in [-0.3, -0.25) is 5.84 Å². The van der Waals surface area contributed by atoms with E-state index in [0.717, 1.165) is 0 Å². The fourth-order valence-corrected chi connectivity index (χ4v) is 2.55. The van der Waals surface area contributed by atoms with Crippen LogP contribution < -0.4 is 11.3 Å². The fraction of sp³-hybridized carbons (Fsp3) is 0.143. The maximum atomic E-state index is 14.0. The Morgan fingerprint density at radius 1 is 1.16 bits per heavy atom. The summed E-state index contributed by atoms with van der Waals surface area (Å²) in [5, 5.41) is 0. The van der Waals surface area contributed by atoms with Gasteiger partial charge in [0.25, 0.3) is 0 Å². The highest BCUT2D eigenvalue weighted by Gasteiger charge is 2.20. The molecule has 5 heteroatoms. The molecule has 1 atom stereocenters. The number of halogens is 3. The van der Waals surface area contributed by atoms with Crippen LogP contribution in [-0.2, 0) is 0 Å². The largest absolute Gasteiger partial charge is 0.271 e. The molecule has 0 amide bonds. The Hall–Kier alpha value is -1.30. The average molecular weight is 327 g/mol. The number of aryl methyl sites for hydroxylation is 1. The Bertz CT molecular complexity index is 582. The Labute approximate surface area is 118 Å². The number of nitrogens with one attached hydrogen (secondary N) is 1. The molecule has 0 aliphatic rings. The molecule has 0 saturated heterocycles. The molecule has 2 rings (SSSR count). The maximum Gasteiger partial charge on any atom is 0.129 e. The zero-order chi connectivity index (χ0) is 14.0. The molecule has 0 saturated carbocycles. The third-order valence-electron chi connectivity index (χ3n) is 2.97. The van der Waals surface area contributed by atoms with Gasteiger partial charge in [-0.25, -0.2) is 14.2 Å². The van der Waals surface area contributed by atoms with Crippen LogP contribution in [-0.4, -0.2) is 0 Å². The van der Waals surface area contributed by atoms with Crippen molar-refractivity contribution < 1.29 is 8.78 Å². The zero-order valence-electron chi connectivity index (χ0n) is 10.3. The van der Waals surface area contributed by atoms with Crippen molar-refractivity contribution in [2.24, 2.45) is 5.84 Å². The van der Waals surface area contributed by atoms with Gasteiger partial charge in [-0.1, -0.05) is 34.1 Å². The number of rotatable bonds is 3. The van der Waals surface area contributed by atoms with E-state index >= 15 is 0 Å². The lowest BCUT2D eigenvalue weighted by atomic mass is 9.97. The first-order valence-electron chi connectivity index (χ1n) is 5.70. The van der Waals surface area contributed by atoms with Crippen LogP contribution in [0.4, 0.5) is 8.78 Å². The molecule has 19 heavy (non-hydrogen) atoms. The van der Waals surface area contributed by atoms with Gasteiger partial charge in [-0.05, 0) is 36.2 Å². The van der Waals surface area contributed by atoms with Crippen LogP contribution in [0.5, 0.6) is 0 Å². The summed E-state index contributed by atoms with van der Waals surface area (Å²) in [5.41, 5.74) is 4.16. The SMILES string of the molecule is Cc1cc(C(NN)c2c(F)cccc2Br)ccc1F. The molecular formula is C14H13BrF2N2. The Balaban J connectivity index is 2.53. The quantitative estimate of drug-likeness (QED) is 0.668. The monoisotopic (exact) mass is 326 g/mol. The molecule has 0 aliphatic carbocycles. The Morgan fingerprint density at radius 3 is 2.47 bits per heavy atom. The highest BCUT2D eigenvalue weighted by Crippen LogP contribution is 2.31. The van der Waals surface area contributed by atoms with E-state index in [-0.39, 0.29) is 11.6 Å². The van der Waals surface area contributed by atoms with Crippen molar-refractivity contribution >= 4 is 15.9 Å². The van der Waals surface area contributed by atoms with Crippen LogP contribution in [0, 0.1) is 18.6 Å². The van der Waals surface area contributed by atoms with Crippen LogP contribution in [0.2, 0.25) is 0 Å². The number of hydrogen-bond donors (Lipinski definition) is 2. The number of nitrogens with two attached hydrogens (primary N) is 1. The van der Waals surface area contributed by atoms with Crippen LogP contribution in [0.3, 0.4) is 0 Å². The summed E-state index contributed by atoms with van der Waals surface area (Å²) >= 11 is 3.31. The fourth-order valence-electron chi connectivity index (χ4n) is 1.98. The van der Waals surface area contributed by atoms with E-state index in [4.69, 9.17) is 5.84 Å². The van der Waals surface area contributed by atoms with E-state index < -0.39 is 6.04 Å². The summed E-state index contributed by atoms with van der Waals surface area (Å²) in [6.45, 7) is 1.66. The van der Waals surface area contributed by atoms with Crippen molar-refractivity contribution in [3.8, 4) is 0 Å². The number of benzene rings is 2. The first kappa shape index (κ1) is 14.1. The second-order valence-electron chi connectivity index (χ2n) is 4.24. The van der Waals surface area contributed by atoms with E-state index in [1.807, 2.05) is 0 Å². The normalized spacial score (nSPS) is 12.5. The maximum absolute atomic E-state index is 14.0. The molecule has 0 spiro atoms. The molecule has 1 unspecified atom stereocenters. The van der Waals surface area contributed by atoms with Gasteiger partial charge < -0.3 is 0 Å². The minimum atomic E-state index is -0.546. The average Bonchev–Trinajstić information content (AvgIpc) is 2.37. The third kappa shape index (κ3) is 2.83. The Morgan fingerprint density at radius 2 is 1.89 bits per heavy atom. The van der Waals surface area contributed by atoms with Gasteiger partial charge in [-0.2, -0.15) is 0 Å². The zero-order valence-corrected chi connectivity index (χ0v) is 11.8. The molecule has 0 heterocycles. The van der Waals surface area contributed by atoms with Gasteiger partial charge in [0, 0.05) is 10.0 Å². The topological polar surface area (TPSA) is 38.0 Å². The van der Waals surface area contributed by atoms with Gasteiger partial charge in [0.1, 0.15) is 11.6 Å². The highest BCUT2D eigenvalue weighted by atomic mass is 79.9. The van der Waals surface area contributed by atoms with Gasteiger partial charge in [0.15, 0.2) is 0 Å². The molecule has 2 nitrogen and oxygen atoms in total. The summed E-state index contributed by atoms with van der Waals surface area (Å²) in [6.07, 6.45) is 0. The molecule has 100 valence electrons. The summed E-state index contributed by atoms with van der Waals surface area (Å²) < 4.78 is 27.9. The van der Waals surface area contributed by atoms with Crippen LogP contribution in [0.15, 0.2) is 40.9 Å². The van der Waals surface area contributed by atoms with E-state index in [1.165, 1.54) is 12.1 Å². The first-order valence-corrected chi connectivity index (χ1v) is 6.50. The van der Waals surface area contributed by atoms with Gasteiger partial charge in [-0.15, -0.1) is 0 Å². The lowest BCUT2D eigenvalue weighted by molar-refractivity contribution is 0.555. The predicted octanol–water partition coefficient (Wildman–Crippen LogP) is 3.59. The minimum absolute atomic E-state index is 0.299. The van der Waals surface area contributed by atoms with Gasteiger partial charge >= 0.3 is 0 Å². The van der Waals surface area contributed by atoms with Crippen LogP contribution >= 0.6 is 15.9 Å². The summed E-state index contributed by atoms with van der Waals surface area (Å²) in [6, 6.07) is 8.75. The van der Waals surface area contributed by atoms with E-state index in [0.29, 0.717) is 21.2 Å². The van der Waals surface area contributed by atoms with Crippen molar-refractivity contribution in [2.75, 3.05) is 0 Å². The van der Waals surface area contributed by atoms with Crippen molar-refractivity contribution in [2.45, 2.75) is 13.0 Å². The second kappa shape index (κ2) is 5.77. The second-order valence-corrected chi connectivity index (χ2v) is 5.10. The van der Waals surface area contributed by atoms with Crippen molar-refractivity contribution in [3.63, 3.8) is 0 Å². The van der Waals surface area contributed by atoms with Crippen molar-refractivity contribution in [3.05, 3.63) is 69.2 Å². The number of hydrazine groups is 1. The van der Waals surface area contributed by atoms with Crippen LogP contribution in [0.25, 0.3) is 0 Å². The smallest absolute Gasteiger partial charge is 0.129 e. The molecule has 0 aliphatic heterocycles. The van der Waals surface area contributed by atoms with E-state index in [9.17, 15) is 8.78 Å². The minimum Gasteiger partial charge on any atom is -0.271 e. The lowest BCUT2D eigenvalue weighted by Gasteiger charge is -2.19. The molecule has 0 radical (unpaired) electrons. The van der Waals surface area contributed by atoms with Gasteiger partial charge in [0.05, 0.1) is 6.04 Å². The summed E-state index contributed by atoms with van der Waals surface area (Å²) in [4.78, 5) is 0.